The average molecular weight is 628 g/mol. The van der Waals surface area contributed by atoms with Crippen LogP contribution in [0.3, 0.4) is 0 Å². The first-order chi connectivity index (χ1) is 21.5. The molecular weight excluding hydrogens is 594 g/mol. The number of hydrogen-bond acceptors (Lipinski definition) is 8. The number of aryl methyl sites for hydroxylation is 1. The fourth-order valence-corrected chi connectivity index (χ4v) is 5.81. The lowest BCUT2D eigenvalue weighted by atomic mass is 10.0. The molecule has 3 N–H and O–H groups in total. The maximum absolute atomic E-state index is 13.1. The number of benzene rings is 1. The van der Waals surface area contributed by atoms with Crippen LogP contribution in [0, 0.1) is 0 Å². The zero-order valence-electron chi connectivity index (χ0n) is 25.5. The number of hydrogen-bond donors (Lipinski definition) is 2. The summed E-state index contributed by atoms with van der Waals surface area (Å²) in [6, 6.07) is 10.1. The Morgan fingerprint density at radius 3 is 2.62 bits per heavy atom. The number of halogens is 1. The Hall–Kier alpha value is -4.97. The summed E-state index contributed by atoms with van der Waals surface area (Å²) in [5, 5.41) is 13.2. The molecule has 13 heteroatoms. The second-order valence-corrected chi connectivity index (χ2v) is 12.5. The van der Waals surface area contributed by atoms with Crippen LogP contribution in [0.1, 0.15) is 50.0 Å². The Morgan fingerprint density at radius 2 is 1.93 bits per heavy atom. The molecule has 5 aromatic rings. The molecule has 0 radical (unpaired) electrons. The number of anilines is 2. The van der Waals surface area contributed by atoms with Gasteiger partial charge in [0.25, 0.3) is 5.91 Å². The van der Waals surface area contributed by atoms with Crippen molar-refractivity contribution in [2.75, 3.05) is 24.1 Å². The van der Waals surface area contributed by atoms with E-state index in [1.165, 1.54) is 0 Å². The Labute approximate surface area is 265 Å². The van der Waals surface area contributed by atoms with Crippen molar-refractivity contribution in [2.24, 2.45) is 7.05 Å². The predicted molar refractivity (Wildman–Crippen MR) is 173 cm³/mol. The molecule has 0 bridgehead atoms. The van der Waals surface area contributed by atoms with Crippen molar-refractivity contribution in [3.05, 3.63) is 71.8 Å². The first-order valence-corrected chi connectivity index (χ1v) is 15.0. The molecule has 2 amide bonds. The maximum Gasteiger partial charge on any atom is 0.410 e. The molecule has 1 aliphatic rings. The molecule has 1 unspecified atom stereocenters. The lowest BCUT2D eigenvalue weighted by Gasteiger charge is -2.34. The topological polar surface area (TPSA) is 146 Å². The van der Waals surface area contributed by atoms with E-state index in [0.29, 0.717) is 46.1 Å². The number of nitrogen functional groups attached to an aromatic ring is 1. The molecule has 5 heterocycles. The Balaban J connectivity index is 1.45. The Kier molecular flexibility index (Phi) is 7.92. The summed E-state index contributed by atoms with van der Waals surface area (Å²) >= 11 is 6.86. The van der Waals surface area contributed by atoms with E-state index in [9.17, 15) is 9.59 Å². The minimum Gasteiger partial charge on any atom is -0.444 e. The van der Waals surface area contributed by atoms with Gasteiger partial charge >= 0.3 is 6.09 Å². The standard InChI is InChI=1S/C32H34ClN9O3/c1-32(2,3)45-31(44)41-13-7-8-21(18-41)42-28-23(20-15-37-40(4)17-20)16-36-29(34)26(28)27(39-42)22-11-10-19(14-24(22)33)30(43)38-25-9-5-6-12-35-25/h5-6,9-12,14-17,21H,7-8,13,18H2,1-4H3,(H2,34,36)(H,35,38,43). The number of nitrogens with two attached hydrogens (primary N) is 1. The quantitative estimate of drug-likeness (QED) is 0.243. The van der Waals surface area contributed by atoms with Gasteiger partial charge in [-0.3, -0.25) is 14.2 Å². The molecular formula is C32H34ClN9O3. The number of nitrogens with one attached hydrogen (secondary N) is 1. The highest BCUT2D eigenvalue weighted by molar-refractivity contribution is 6.34. The first-order valence-electron chi connectivity index (χ1n) is 14.6. The van der Waals surface area contributed by atoms with E-state index in [-0.39, 0.29) is 23.9 Å². The van der Waals surface area contributed by atoms with E-state index in [4.69, 9.17) is 27.2 Å². The summed E-state index contributed by atoms with van der Waals surface area (Å²) in [7, 11) is 1.85. The van der Waals surface area contributed by atoms with Crippen LogP contribution in [0.25, 0.3) is 33.3 Å². The zero-order valence-corrected chi connectivity index (χ0v) is 26.2. The van der Waals surface area contributed by atoms with Gasteiger partial charge in [-0.05, 0) is 57.9 Å². The number of carbonyl (C=O) groups is 2. The van der Waals surface area contributed by atoms with E-state index in [1.54, 1.807) is 64.6 Å². The molecule has 0 aliphatic carbocycles. The molecule has 1 aromatic carbocycles. The van der Waals surface area contributed by atoms with Crippen molar-refractivity contribution in [3.8, 4) is 22.4 Å². The van der Waals surface area contributed by atoms with E-state index in [1.807, 2.05) is 38.7 Å². The fraction of sp³-hybridized carbons (Fsp3) is 0.312. The molecule has 6 rings (SSSR count). The largest absolute Gasteiger partial charge is 0.444 e. The predicted octanol–water partition coefficient (Wildman–Crippen LogP) is 5.95. The molecule has 232 valence electrons. The number of aromatic nitrogens is 6. The van der Waals surface area contributed by atoms with Gasteiger partial charge in [0.1, 0.15) is 22.9 Å². The third-order valence-electron chi connectivity index (χ3n) is 7.56. The number of likely N-dealkylation sites (tertiary alicyclic amines) is 1. The van der Waals surface area contributed by atoms with Crippen molar-refractivity contribution < 1.29 is 14.3 Å². The summed E-state index contributed by atoms with van der Waals surface area (Å²) < 4.78 is 9.33. The summed E-state index contributed by atoms with van der Waals surface area (Å²) in [5.41, 5.74) is 9.83. The van der Waals surface area contributed by atoms with Gasteiger partial charge < -0.3 is 20.7 Å². The third kappa shape index (κ3) is 6.18. The normalized spacial score (nSPS) is 15.3. The van der Waals surface area contributed by atoms with Crippen molar-refractivity contribution in [1.82, 2.24) is 34.4 Å². The lowest BCUT2D eigenvalue weighted by molar-refractivity contribution is 0.0169. The third-order valence-corrected chi connectivity index (χ3v) is 7.87. The summed E-state index contributed by atoms with van der Waals surface area (Å²) in [5.74, 6) is 0.371. The number of piperidine rings is 1. The molecule has 0 spiro atoms. The molecule has 12 nitrogen and oxygen atoms in total. The lowest BCUT2D eigenvalue weighted by Crippen LogP contribution is -2.43. The van der Waals surface area contributed by atoms with Gasteiger partial charge in [0.15, 0.2) is 0 Å². The SMILES string of the molecule is Cn1cc(-c2cnc(N)c3c(-c4ccc(C(=O)Nc5ccccn5)cc4Cl)nn(C4CCCN(C(=O)OC(C)(C)C)C4)c23)cn1. The van der Waals surface area contributed by atoms with Crippen molar-refractivity contribution in [3.63, 3.8) is 0 Å². The van der Waals surface area contributed by atoms with Gasteiger partial charge in [-0.2, -0.15) is 10.2 Å². The van der Waals surface area contributed by atoms with E-state index in [0.717, 1.165) is 29.5 Å². The number of carbonyl (C=O) groups excluding carboxylic acids is 2. The fourth-order valence-electron chi connectivity index (χ4n) is 5.54. The monoisotopic (exact) mass is 627 g/mol. The number of nitrogens with zero attached hydrogens (tertiary/aromatic N) is 7. The van der Waals surface area contributed by atoms with Crippen LogP contribution in [0.5, 0.6) is 0 Å². The second kappa shape index (κ2) is 11.8. The van der Waals surface area contributed by atoms with Gasteiger partial charge in [0.05, 0.1) is 28.2 Å². The average Bonchev–Trinajstić information content (AvgIpc) is 3.62. The molecule has 45 heavy (non-hydrogen) atoms. The minimum absolute atomic E-state index is 0.179. The van der Waals surface area contributed by atoms with Crippen LogP contribution in [0.15, 0.2) is 61.2 Å². The van der Waals surface area contributed by atoms with Crippen LogP contribution in [-0.2, 0) is 11.8 Å². The van der Waals surface area contributed by atoms with Crippen LogP contribution in [0.4, 0.5) is 16.4 Å². The molecule has 4 aromatic heterocycles. The van der Waals surface area contributed by atoms with E-state index >= 15 is 0 Å². The second-order valence-electron chi connectivity index (χ2n) is 12.1. The Morgan fingerprint density at radius 1 is 1.11 bits per heavy atom. The highest BCUT2D eigenvalue weighted by Crippen LogP contribution is 2.41. The summed E-state index contributed by atoms with van der Waals surface area (Å²) in [6.45, 7) is 6.55. The van der Waals surface area contributed by atoms with Gasteiger partial charge in [-0.25, -0.2) is 14.8 Å². The zero-order chi connectivity index (χ0) is 31.9. The maximum atomic E-state index is 13.1. The van der Waals surface area contributed by atoms with Crippen molar-refractivity contribution in [1.29, 1.82) is 0 Å². The number of rotatable bonds is 5. The number of fused-ring (bicyclic) bond motifs is 1. The highest BCUT2D eigenvalue weighted by atomic mass is 35.5. The van der Waals surface area contributed by atoms with Gasteiger partial charge in [0, 0.05) is 61.0 Å². The van der Waals surface area contributed by atoms with Crippen LogP contribution >= 0.6 is 11.6 Å². The first kappa shape index (κ1) is 30.1. The molecule has 1 aliphatic heterocycles. The number of amides is 2. The van der Waals surface area contributed by atoms with E-state index < -0.39 is 5.60 Å². The van der Waals surface area contributed by atoms with Gasteiger partial charge in [0.2, 0.25) is 0 Å². The summed E-state index contributed by atoms with van der Waals surface area (Å²) in [4.78, 5) is 36.4. The number of pyridine rings is 2. The molecule has 1 fully saturated rings. The smallest absolute Gasteiger partial charge is 0.410 e. The van der Waals surface area contributed by atoms with E-state index in [2.05, 4.69) is 20.4 Å². The highest BCUT2D eigenvalue weighted by Gasteiger charge is 2.32. The molecule has 0 saturated carbocycles. The summed E-state index contributed by atoms with van der Waals surface area (Å²) in [6.07, 6.45) is 8.18. The van der Waals surface area contributed by atoms with Gasteiger partial charge in [-0.15, -0.1) is 0 Å². The van der Waals surface area contributed by atoms with Crippen LogP contribution in [0.2, 0.25) is 5.02 Å². The van der Waals surface area contributed by atoms with Crippen LogP contribution in [-0.4, -0.2) is 65.1 Å². The van der Waals surface area contributed by atoms with Gasteiger partial charge in [-0.1, -0.05) is 23.7 Å². The molecule has 1 saturated heterocycles. The minimum atomic E-state index is -0.611. The van der Waals surface area contributed by atoms with Crippen molar-refractivity contribution >= 4 is 46.1 Å². The van der Waals surface area contributed by atoms with Crippen LogP contribution < -0.4 is 11.1 Å². The Bertz CT molecular complexity index is 1900. The number of ether oxygens (including phenoxy) is 1. The molecule has 1 atom stereocenters. The van der Waals surface area contributed by atoms with Crippen molar-refractivity contribution in [2.45, 2.75) is 45.3 Å².